The van der Waals surface area contributed by atoms with Gasteiger partial charge in [0.2, 0.25) is 11.8 Å². The summed E-state index contributed by atoms with van der Waals surface area (Å²) in [6.45, 7) is 9.99. The third-order valence-electron chi connectivity index (χ3n) is 11.7. The Morgan fingerprint density at radius 1 is 0.889 bits per heavy atom. The number of hydrogen-bond donors (Lipinski definition) is 2. The lowest BCUT2D eigenvalue weighted by Gasteiger charge is -2.44. The molecule has 54 heavy (non-hydrogen) atoms. The Bertz CT molecular complexity index is 1810. The molecule has 3 aromatic carbocycles. The molecule has 2 amide bonds. The molecule has 3 aliphatic rings. The normalized spacial score (nSPS) is 21.8. The molecule has 2 heterocycles. The summed E-state index contributed by atoms with van der Waals surface area (Å²) in [6, 6.07) is 28.4. The van der Waals surface area contributed by atoms with E-state index in [4.69, 9.17) is 14.3 Å². The van der Waals surface area contributed by atoms with E-state index in [1.54, 1.807) is 12.1 Å². The first-order valence-corrected chi connectivity index (χ1v) is 21.5. The van der Waals surface area contributed by atoms with Crippen LogP contribution in [0.15, 0.2) is 102 Å². The highest BCUT2D eigenvalue weighted by molar-refractivity contribution is 6.99. The first kappa shape index (κ1) is 39.4. The quantitative estimate of drug-likeness (QED) is 0.0675. The van der Waals surface area contributed by atoms with Gasteiger partial charge in [-0.1, -0.05) is 119 Å². The van der Waals surface area contributed by atoms with Gasteiger partial charge in [-0.15, -0.1) is 0 Å². The van der Waals surface area contributed by atoms with Crippen molar-refractivity contribution in [1.29, 1.82) is 0 Å². The molecule has 0 spiro atoms. The molecule has 3 aromatic rings. The third kappa shape index (κ3) is 8.19. The maximum atomic E-state index is 14.1. The van der Waals surface area contributed by atoms with Gasteiger partial charge in [-0.05, 0) is 82.8 Å². The number of fused-ring (bicyclic) bond motifs is 3. The minimum absolute atomic E-state index is 0.0831. The molecule has 4 atom stereocenters. The number of imide groups is 1. The van der Waals surface area contributed by atoms with Crippen LogP contribution in [0.3, 0.4) is 0 Å². The largest absolute Gasteiger partial charge is 0.508 e. The van der Waals surface area contributed by atoms with Crippen LogP contribution in [0.2, 0.25) is 5.04 Å². The predicted molar refractivity (Wildman–Crippen MR) is 214 cm³/mol. The van der Waals surface area contributed by atoms with Gasteiger partial charge in [0.15, 0.2) is 0 Å². The molecule has 286 valence electrons. The number of carbonyl (C=O) groups excluding carboxylic acids is 2. The summed E-state index contributed by atoms with van der Waals surface area (Å²) in [5.74, 6) is -1.98. The van der Waals surface area contributed by atoms with Gasteiger partial charge in [0.05, 0.1) is 31.2 Å². The number of amides is 2. The first-order chi connectivity index (χ1) is 25.9. The zero-order chi connectivity index (χ0) is 38.5. The summed E-state index contributed by atoms with van der Waals surface area (Å²) in [7, 11) is -2.91. The van der Waals surface area contributed by atoms with Crippen molar-refractivity contribution in [3.05, 3.63) is 107 Å². The van der Waals surface area contributed by atoms with E-state index >= 15 is 0 Å². The number of benzene rings is 3. The number of carbonyl (C=O) groups is 3. The SMILES string of the molecule is CC/C(=C\c1ccc(O)cc1)CC[C@H]1OC[C@H]2C1=C(CO[Si](c1ccccc1)(c1ccccc1)C(C)(C)C)C[C@H]1C(=O)N(CCCCCC(=O)O)C(=O)[C@H]12. The summed E-state index contributed by atoms with van der Waals surface area (Å²) < 4.78 is 14.1. The summed E-state index contributed by atoms with van der Waals surface area (Å²) in [4.78, 5) is 40.7. The Balaban J connectivity index is 1.33. The number of carboxylic acids is 1. The fourth-order valence-electron chi connectivity index (χ4n) is 9.04. The Kier molecular flexibility index (Phi) is 12.4. The van der Waals surface area contributed by atoms with Crippen LogP contribution in [0.5, 0.6) is 5.75 Å². The highest BCUT2D eigenvalue weighted by Gasteiger charge is 2.57. The van der Waals surface area contributed by atoms with Crippen LogP contribution in [-0.2, 0) is 23.5 Å². The molecule has 2 N–H and O–H groups in total. The number of aromatic hydroxyl groups is 1. The summed E-state index contributed by atoms with van der Waals surface area (Å²) in [5.41, 5.74) is 4.53. The van der Waals surface area contributed by atoms with Crippen LogP contribution in [0.25, 0.3) is 6.08 Å². The monoisotopic (exact) mass is 749 g/mol. The molecular formula is C45H55NO7Si. The second kappa shape index (κ2) is 17.0. The minimum atomic E-state index is -2.91. The number of rotatable bonds is 16. The molecule has 0 radical (unpaired) electrons. The number of phenols is 1. The molecule has 0 aromatic heterocycles. The Morgan fingerprint density at radius 2 is 1.54 bits per heavy atom. The molecule has 0 bridgehead atoms. The maximum absolute atomic E-state index is 14.1. The highest BCUT2D eigenvalue weighted by Crippen LogP contribution is 2.50. The highest BCUT2D eigenvalue weighted by atomic mass is 28.4. The molecule has 0 unspecified atom stereocenters. The third-order valence-corrected chi connectivity index (χ3v) is 16.7. The van der Waals surface area contributed by atoms with E-state index in [0.717, 1.165) is 36.0 Å². The molecule has 9 heteroatoms. The number of ether oxygens (including phenoxy) is 1. The Labute approximate surface area is 321 Å². The zero-order valence-corrected chi connectivity index (χ0v) is 33.1. The molecule has 6 rings (SSSR count). The van der Waals surface area contributed by atoms with Gasteiger partial charge in [-0.25, -0.2) is 0 Å². The number of allylic oxidation sites excluding steroid dienone is 1. The topological polar surface area (TPSA) is 113 Å². The van der Waals surface area contributed by atoms with Gasteiger partial charge in [0.25, 0.3) is 8.32 Å². The van der Waals surface area contributed by atoms with Crippen LogP contribution < -0.4 is 10.4 Å². The van der Waals surface area contributed by atoms with Crippen molar-refractivity contribution in [2.45, 2.75) is 90.2 Å². The summed E-state index contributed by atoms with van der Waals surface area (Å²) in [6.07, 6.45) is 6.71. The molecule has 8 nitrogen and oxygen atoms in total. The number of aliphatic carboxylic acids is 1. The smallest absolute Gasteiger partial charge is 0.303 e. The maximum Gasteiger partial charge on any atom is 0.303 e. The van der Waals surface area contributed by atoms with Gasteiger partial charge >= 0.3 is 5.97 Å². The minimum Gasteiger partial charge on any atom is -0.508 e. The predicted octanol–water partition coefficient (Wildman–Crippen LogP) is 7.50. The second-order valence-corrected chi connectivity index (χ2v) is 20.4. The van der Waals surface area contributed by atoms with E-state index < -0.39 is 26.1 Å². The molecule has 2 fully saturated rings. The lowest BCUT2D eigenvalue weighted by molar-refractivity contribution is -0.141. The van der Waals surface area contributed by atoms with Crippen molar-refractivity contribution in [2.24, 2.45) is 17.8 Å². The van der Waals surface area contributed by atoms with E-state index in [2.05, 4.69) is 82.3 Å². The van der Waals surface area contributed by atoms with E-state index in [1.807, 2.05) is 24.3 Å². The van der Waals surface area contributed by atoms with Crippen LogP contribution in [0, 0.1) is 17.8 Å². The fourth-order valence-corrected chi connectivity index (χ4v) is 13.6. The van der Waals surface area contributed by atoms with Gasteiger partial charge in [-0.2, -0.15) is 0 Å². The molecule has 0 saturated carbocycles. The number of hydrogen-bond acceptors (Lipinski definition) is 6. The van der Waals surface area contributed by atoms with Gasteiger partial charge in [0.1, 0.15) is 5.75 Å². The van der Waals surface area contributed by atoms with Crippen molar-refractivity contribution in [3.8, 4) is 5.75 Å². The Hall–Kier alpha value is -4.31. The van der Waals surface area contributed by atoms with Crippen LogP contribution in [-0.4, -0.2) is 67.1 Å². The number of nitrogens with zero attached hydrogens (tertiary/aromatic N) is 1. The molecule has 2 saturated heterocycles. The standard InChI is InChI=1S/C45H55NO7Si/c1-5-31(27-32-20-23-34(47)24-21-32)22-25-39-41-33(29-53-54(45(2,3)4,35-15-9-6-10-16-35)36-17-11-7-12-18-36)28-37-42(38(41)30-52-39)44(51)46(43(37)50)26-14-8-13-19-40(48)49/h6-7,9-12,15-18,20-21,23-24,27,37-39,42,47H,5,8,13-14,19,22,25-26,28-30H2,1-4H3,(H,48,49)/b31-27+/t37-,38+,39-,42-/m1/s1. The van der Waals surface area contributed by atoms with Gasteiger partial charge < -0.3 is 19.4 Å². The van der Waals surface area contributed by atoms with Crippen LogP contribution in [0.1, 0.15) is 84.6 Å². The summed E-state index contributed by atoms with van der Waals surface area (Å²) in [5, 5.41) is 21.0. The lowest BCUT2D eigenvalue weighted by Crippen LogP contribution is -2.66. The fraction of sp³-hybridized carbons (Fsp3) is 0.444. The number of phenolic OH excluding ortho intramolecular Hbond substituents is 1. The van der Waals surface area contributed by atoms with Crippen molar-refractivity contribution in [1.82, 2.24) is 4.90 Å². The van der Waals surface area contributed by atoms with Gasteiger partial charge in [0, 0.05) is 18.9 Å². The van der Waals surface area contributed by atoms with Gasteiger partial charge in [-0.3, -0.25) is 19.3 Å². The van der Waals surface area contributed by atoms with Crippen LogP contribution >= 0.6 is 0 Å². The van der Waals surface area contributed by atoms with Crippen molar-refractivity contribution in [3.63, 3.8) is 0 Å². The number of likely N-dealkylation sites (tertiary alicyclic amines) is 1. The van der Waals surface area contributed by atoms with E-state index in [0.29, 0.717) is 45.4 Å². The van der Waals surface area contributed by atoms with Crippen molar-refractivity contribution >= 4 is 42.6 Å². The van der Waals surface area contributed by atoms with Crippen LogP contribution in [0.4, 0.5) is 0 Å². The molecular weight excluding hydrogens is 695 g/mol. The zero-order valence-electron chi connectivity index (χ0n) is 32.1. The lowest BCUT2D eigenvalue weighted by atomic mass is 9.69. The molecule has 1 aliphatic carbocycles. The second-order valence-electron chi connectivity index (χ2n) is 16.1. The molecule has 2 aliphatic heterocycles. The number of unbranched alkanes of at least 4 members (excludes halogenated alkanes) is 2. The van der Waals surface area contributed by atoms with E-state index in [1.165, 1.54) is 20.8 Å². The average molecular weight is 750 g/mol. The average Bonchev–Trinajstić information content (AvgIpc) is 3.68. The Morgan fingerprint density at radius 3 is 2.13 bits per heavy atom. The number of carboxylic acid groups (broad SMARTS) is 1. The van der Waals surface area contributed by atoms with E-state index in [9.17, 15) is 19.5 Å². The summed E-state index contributed by atoms with van der Waals surface area (Å²) >= 11 is 0. The van der Waals surface area contributed by atoms with Crippen molar-refractivity contribution in [2.75, 3.05) is 19.8 Å². The van der Waals surface area contributed by atoms with Crippen molar-refractivity contribution < 1.29 is 33.8 Å². The first-order valence-electron chi connectivity index (χ1n) is 19.6. The van der Waals surface area contributed by atoms with E-state index in [-0.39, 0.29) is 41.0 Å².